The van der Waals surface area contributed by atoms with E-state index in [0.717, 1.165) is 50.1 Å². The number of ether oxygens (including phenoxy) is 1. The third-order valence-electron chi connectivity index (χ3n) is 4.84. The van der Waals surface area contributed by atoms with Gasteiger partial charge in [-0.1, -0.05) is 0 Å². The number of likely N-dealkylation sites (tertiary alicyclic amines) is 1. The van der Waals surface area contributed by atoms with Crippen LogP contribution in [-0.2, 0) is 0 Å². The Hall–Kier alpha value is -2.26. The lowest BCUT2D eigenvalue weighted by atomic mass is 9.92. The molecule has 1 aromatic rings. The molecule has 0 radical (unpaired) electrons. The van der Waals surface area contributed by atoms with E-state index in [2.05, 4.69) is 11.5 Å². The summed E-state index contributed by atoms with van der Waals surface area (Å²) in [6.45, 7) is 4.87. The Morgan fingerprint density at radius 2 is 2.15 bits per heavy atom. The van der Waals surface area contributed by atoms with Crippen molar-refractivity contribution in [3.8, 4) is 11.9 Å². The molecule has 0 saturated carbocycles. The average molecular weight is 359 g/mol. The minimum absolute atomic E-state index is 0.0729. The van der Waals surface area contributed by atoms with E-state index in [9.17, 15) is 4.79 Å². The standard InChI is InChI=1S/C20H29N3O3/c1-16-14-18(5-6-19(16)20(25)22-9-3-12-24)26-13-2-4-17-7-10-23(15-21)11-8-17/h5-6,14,17,24H,2-4,7-13H2,1H3,(H,22,25). The lowest BCUT2D eigenvalue weighted by Gasteiger charge is -2.27. The first-order valence-electron chi connectivity index (χ1n) is 9.41. The summed E-state index contributed by atoms with van der Waals surface area (Å²) in [6, 6.07) is 5.52. The zero-order valence-electron chi connectivity index (χ0n) is 15.5. The molecule has 1 amide bonds. The minimum atomic E-state index is -0.119. The van der Waals surface area contributed by atoms with Crippen LogP contribution in [0.1, 0.15) is 48.0 Å². The first kappa shape index (κ1) is 20.1. The number of aliphatic hydroxyl groups excluding tert-OH is 1. The number of hydrogen-bond donors (Lipinski definition) is 2. The molecule has 6 nitrogen and oxygen atoms in total. The second-order valence-electron chi connectivity index (χ2n) is 6.83. The van der Waals surface area contributed by atoms with Crippen LogP contribution >= 0.6 is 0 Å². The highest BCUT2D eigenvalue weighted by Crippen LogP contribution is 2.22. The van der Waals surface area contributed by atoms with Crippen LogP contribution < -0.4 is 10.1 Å². The maximum atomic E-state index is 12.1. The van der Waals surface area contributed by atoms with E-state index >= 15 is 0 Å². The van der Waals surface area contributed by atoms with Crippen molar-refractivity contribution in [2.45, 2.75) is 39.0 Å². The summed E-state index contributed by atoms with van der Waals surface area (Å²) in [4.78, 5) is 13.9. The normalized spacial score (nSPS) is 14.7. The average Bonchev–Trinajstić information content (AvgIpc) is 2.66. The number of aryl methyl sites for hydroxylation is 1. The second-order valence-corrected chi connectivity index (χ2v) is 6.83. The number of hydrogen-bond acceptors (Lipinski definition) is 5. The number of aliphatic hydroxyl groups is 1. The van der Waals surface area contributed by atoms with Crippen molar-refractivity contribution in [1.82, 2.24) is 10.2 Å². The highest BCUT2D eigenvalue weighted by Gasteiger charge is 2.17. The van der Waals surface area contributed by atoms with Crippen LogP contribution in [0.25, 0.3) is 0 Å². The van der Waals surface area contributed by atoms with Crippen molar-refractivity contribution < 1.29 is 14.6 Å². The van der Waals surface area contributed by atoms with Gasteiger partial charge in [0.1, 0.15) is 5.75 Å². The quantitative estimate of drug-likeness (QED) is 0.522. The Kier molecular flexibility index (Phi) is 8.23. The first-order valence-corrected chi connectivity index (χ1v) is 9.41. The van der Waals surface area contributed by atoms with Crippen LogP contribution in [0.2, 0.25) is 0 Å². The molecular formula is C20H29N3O3. The monoisotopic (exact) mass is 359 g/mol. The summed E-state index contributed by atoms with van der Waals surface area (Å²) in [5, 5.41) is 20.4. The molecule has 2 rings (SSSR count). The molecule has 1 aromatic carbocycles. The van der Waals surface area contributed by atoms with Gasteiger partial charge in [0.2, 0.25) is 0 Å². The molecule has 6 heteroatoms. The van der Waals surface area contributed by atoms with Crippen molar-refractivity contribution in [3.63, 3.8) is 0 Å². The number of carbonyl (C=O) groups excluding carboxylic acids is 1. The fourth-order valence-electron chi connectivity index (χ4n) is 3.24. The molecule has 0 bridgehead atoms. The van der Waals surface area contributed by atoms with E-state index in [1.807, 2.05) is 24.0 Å². The van der Waals surface area contributed by atoms with Gasteiger partial charge in [0, 0.05) is 31.8 Å². The number of piperidine rings is 1. The molecule has 1 fully saturated rings. The highest BCUT2D eigenvalue weighted by atomic mass is 16.5. The number of nitrogens with zero attached hydrogens (tertiary/aromatic N) is 2. The van der Waals surface area contributed by atoms with E-state index in [0.29, 0.717) is 31.1 Å². The zero-order chi connectivity index (χ0) is 18.8. The van der Waals surface area contributed by atoms with Crippen molar-refractivity contribution in [1.29, 1.82) is 5.26 Å². The van der Waals surface area contributed by atoms with E-state index in [1.54, 1.807) is 6.07 Å². The van der Waals surface area contributed by atoms with Gasteiger partial charge in [0.05, 0.1) is 6.61 Å². The predicted octanol–water partition coefficient (Wildman–Crippen LogP) is 2.46. The van der Waals surface area contributed by atoms with Crippen LogP contribution in [0.4, 0.5) is 0 Å². The van der Waals surface area contributed by atoms with E-state index in [4.69, 9.17) is 15.1 Å². The Morgan fingerprint density at radius 1 is 1.38 bits per heavy atom. The molecule has 26 heavy (non-hydrogen) atoms. The van der Waals surface area contributed by atoms with Gasteiger partial charge in [-0.15, -0.1) is 0 Å². The molecule has 1 aliphatic rings. The fourth-order valence-corrected chi connectivity index (χ4v) is 3.24. The summed E-state index contributed by atoms with van der Waals surface area (Å²) >= 11 is 0. The molecule has 0 aromatic heterocycles. The maximum Gasteiger partial charge on any atom is 0.251 e. The fraction of sp³-hybridized carbons (Fsp3) is 0.600. The number of nitriles is 1. The number of nitrogens with one attached hydrogen (secondary N) is 1. The molecular weight excluding hydrogens is 330 g/mol. The summed E-state index contributed by atoms with van der Waals surface area (Å²) in [5.74, 6) is 1.36. The Labute approximate surface area is 155 Å². The molecule has 2 N–H and O–H groups in total. The Morgan fingerprint density at radius 3 is 2.81 bits per heavy atom. The van der Waals surface area contributed by atoms with Gasteiger partial charge in [-0.2, -0.15) is 5.26 Å². The Bertz CT molecular complexity index is 619. The summed E-state index contributed by atoms with van der Waals surface area (Å²) in [7, 11) is 0. The van der Waals surface area contributed by atoms with Crippen LogP contribution in [0.3, 0.4) is 0 Å². The van der Waals surface area contributed by atoms with Gasteiger partial charge in [-0.05, 0) is 68.7 Å². The van der Waals surface area contributed by atoms with E-state index in [-0.39, 0.29) is 12.5 Å². The summed E-state index contributed by atoms with van der Waals surface area (Å²) in [6.07, 6.45) is 7.08. The van der Waals surface area contributed by atoms with Crippen LogP contribution in [0, 0.1) is 24.3 Å². The van der Waals surface area contributed by atoms with Gasteiger partial charge < -0.3 is 20.1 Å². The third kappa shape index (κ3) is 6.23. The topological polar surface area (TPSA) is 85.6 Å². The summed E-state index contributed by atoms with van der Waals surface area (Å²) < 4.78 is 5.83. The van der Waals surface area contributed by atoms with Gasteiger partial charge in [0.25, 0.3) is 5.91 Å². The van der Waals surface area contributed by atoms with E-state index in [1.165, 1.54) is 0 Å². The molecule has 1 heterocycles. The SMILES string of the molecule is Cc1cc(OCCCC2CCN(C#N)CC2)ccc1C(=O)NCCCO. The Balaban J connectivity index is 1.71. The number of rotatable bonds is 9. The van der Waals surface area contributed by atoms with Crippen molar-refractivity contribution in [3.05, 3.63) is 29.3 Å². The van der Waals surface area contributed by atoms with Gasteiger partial charge in [0.15, 0.2) is 6.19 Å². The number of carbonyl (C=O) groups is 1. The maximum absolute atomic E-state index is 12.1. The molecule has 1 saturated heterocycles. The molecule has 0 aliphatic carbocycles. The van der Waals surface area contributed by atoms with Crippen molar-refractivity contribution >= 4 is 5.91 Å². The number of benzene rings is 1. The van der Waals surface area contributed by atoms with Crippen LogP contribution in [0.15, 0.2) is 18.2 Å². The molecule has 0 spiro atoms. The zero-order valence-corrected chi connectivity index (χ0v) is 15.5. The van der Waals surface area contributed by atoms with E-state index < -0.39 is 0 Å². The highest BCUT2D eigenvalue weighted by molar-refractivity contribution is 5.95. The lowest BCUT2D eigenvalue weighted by Crippen LogP contribution is -2.29. The smallest absolute Gasteiger partial charge is 0.251 e. The van der Waals surface area contributed by atoms with Crippen molar-refractivity contribution in [2.24, 2.45) is 5.92 Å². The second kappa shape index (κ2) is 10.7. The van der Waals surface area contributed by atoms with Gasteiger partial charge >= 0.3 is 0 Å². The van der Waals surface area contributed by atoms with Crippen LogP contribution in [0.5, 0.6) is 5.75 Å². The van der Waals surface area contributed by atoms with Gasteiger partial charge in [-0.25, -0.2) is 0 Å². The largest absolute Gasteiger partial charge is 0.494 e. The molecule has 1 aliphatic heterocycles. The van der Waals surface area contributed by atoms with Crippen LogP contribution in [-0.4, -0.2) is 48.8 Å². The molecule has 0 unspecified atom stereocenters. The van der Waals surface area contributed by atoms with Crippen molar-refractivity contribution in [2.75, 3.05) is 32.8 Å². The predicted molar refractivity (Wildman–Crippen MR) is 99.9 cm³/mol. The first-order chi connectivity index (χ1) is 12.6. The molecule has 142 valence electrons. The van der Waals surface area contributed by atoms with Gasteiger partial charge in [-0.3, -0.25) is 4.79 Å². The third-order valence-corrected chi connectivity index (χ3v) is 4.84. The molecule has 0 atom stereocenters. The summed E-state index contributed by atoms with van der Waals surface area (Å²) in [5.41, 5.74) is 1.52. The minimum Gasteiger partial charge on any atom is -0.494 e. The lowest BCUT2D eigenvalue weighted by molar-refractivity contribution is 0.0950. The number of amides is 1.